The van der Waals surface area contributed by atoms with Gasteiger partial charge in [0, 0.05) is 12.4 Å². The van der Waals surface area contributed by atoms with Crippen molar-refractivity contribution in [2.45, 2.75) is 6.42 Å². The number of hydrogen-bond donors (Lipinski definition) is 0. The summed E-state index contributed by atoms with van der Waals surface area (Å²) in [6.45, 7) is 0.201. The predicted molar refractivity (Wildman–Crippen MR) is 89.7 cm³/mol. The Hall–Kier alpha value is -2.86. The van der Waals surface area contributed by atoms with Crippen LogP contribution in [0.2, 0.25) is 0 Å². The van der Waals surface area contributed by atoms with Crippen LogP contribution in [0.1, 0.15) is 17.0 Å². The summed E-state index contributed by atoms with van der Waals surface area (Å²) in [6.07, 6.45) is 1.60. The Kier molecular flexibility index (Phi) is 3.66. The molecule has 0 fully saturated rings. The third-order valence-electron chi connectivity index (χ3n) is 3.64. The van der Waals surface area contributed by atoms with Gasteiger partial charge in [0.25, 0.3) is 0 Å². The summed E-state index contributed by atoms with van der Waals surface area (Å²) in [5, 5.41) is 11.8. The molecule has 2 heterocycles. The summed E-state index contributed by atoms with van der Waals surface area (Å²) in [6, 6.07) is 13.2. The number of carboxylic acids is 1. The number of carbonyl (C=O) groups excluding carboxylic acids is 1. The topological polar surface area (TPSA) is 71.5 Å². The van der Waals surface area contributed by atoms with Gasteiger partial charge in [-0.1, -0.05) is 18.2 Å². The van der Waals surface area contributed by atoms with Gasteiger partial charge in [-0.25, -0.2) is 4.98 Å². The number of fused-ring (bicyclic) bond motifs is 2. The van der Waals surface area contributed by atoms with Crippen molar-refractivity contribution in [1.82, 2.24) is 4.98 Å². The number of benzene rings is 2. The average molecular weight is 338 g/mol. The van der Waals surface area contributed by atoms with E-state index in [0.717, 1.165) is 15.8 Å². The lowest BCUT2D eigenvalue weighted by molar-refractivity contribution is -0.304. The molecule has 0 aliphatic carbocycles. The van der Waals surface area contributed by atoms with Gasteiger partial charge >= 0.3 is 0 Å². The normalized spacial score (nSPS) is 13.4. The van der Waals surface area contributed by atoms with Gasteiger partial charge in [0.05, 0.1) is 10.2 Å². The van der Waals surface area contributed by atoms with E-state index in [1.807, 2.05) is 42.5 Å². The van der Waals surface area contributed by atoms with Gasteiger partial charge in [0.1, 0.15) is 5.01 Å². The number of thiazole rings is 1. The molecule has 1 aromatic heterocycles. The van der Waals surface area contributed by atoms with E-state index >= 15 is 0 Å². The first-order chi connectivity index (χ1) is 11.7. The number of carbonyl (C=O) groups is 1. The van der Waals surface area contributed by atoms with Crippen LogP contribution in [0.5, 0.6) is 11.5 Å². The van der Waals surface area contributed by atoms with Crippen molar-refractivity contribution in [3.8, 4) is 11.5 Å². The molecule has 6 heteroatoms. The third-order valence-corrected chi connectivity index (χ3v) is 4.75. The molecule has 5 nitrogen and oxygen atoms in total. The Morgan fingerprint density at radius 2 is 2.04 bits per heavy atom. The van der Waals surface area contributed by atoms with Crippen LogP contribution in [0.3, 0.4) is 0 Å². The maximum Gasteiger partial charge on any atom is 0.231 e. The third kappa shape index (κ3) is 2.83. The molecule has 120 valence electrons. The minimum Gasteiger partial charge on any atom is -0.550 e. The first kappa shape index (κ1) is 14.7. The number of ether oxygens (including phenoxy) is 2. The van der Waals surface area contributed by atoms with Crippen LogP contribution in [0.15, 0.2) is 42.5 Å². The molecule has 4 rings (SSSR count). The highest BCUT2D eigenvalue weighted by Gasteiger charge is 2.14. The Morgan fingerprint density at radius 3 is 2.88 bits per heavy atom. The Morgan fingerprint density at radius 1 is 1.21 bits per heavy atom. The zero-order chi connectivity index (χ0) is 16.5. The number of aliphatic carboxylic acids is 1. The maximum absolute atomic E-state index is 11.2. The fraction of sp³-hybridized carbons (Fsp3) is 0.111. The molecule has 1 aliphatic heterocycles. The molecule has 0 amide bonds. The molecule has 0 radical (unpaired) electrons. The number of para-hydroxylation sites is 1. The molecule has 0 unspecified atom stereocenters. The number of aromatic nitrogens is 1. The fourth-order valence-corrected chi connectivity index (χ4v) is 3.54. The van der Waals surface area contributed by atoms with E-state index in [1.165, 1.54) is 11.3 Å². The van der Waals surface area contributed by atoms with Gasteiger partial charge in [-0.3, -0.25) is 0 Å². The largest absolute Gasteiger partial charge is 0.550 e. The smallest absolute Gasteiger partial charge is 0.231 e. The molecule has 0 bridgehead atoms. The molecule has 0 saturated heterocycles. The molecule has 2 aromatic carbocycles. The highest BCUT2D eigenvalue weighted by Crippen LogP contribution is 2.35. The number of hydrogen-bond acceptors (Lipinski definition) is 6. The zero-order valence-electron chi connectivity index (χ0n) is 12.5. The number of rotatable bonds is 4. The zero-order valence-corrected chi connectivity index (χ0v) is 13.3. The second kappa shape index (κ2) is 5.98. The maximum atomic E-state index is 11.2. The minimum atomic E-state index is -1.14. The van der Waals surface area contributed by atoms with Crippen LogP contribution in [0, 0.1) is 0 Å². The van der Waals surface area contributed by atoms with Crippen molar-refractivity contribution in [2.24, 2.45) is 0 Å². The van der Waals surface area contributed by atoms with Gasteiger partial charge in [-0.15, -0.1) is 11.3 Å². The first-order valence-corrected chi connectivity index (χ1v) is 8.17. The van der Waals surface area contributed by atoms with Gasteiger partial charge in [-0.05, 0) is 41.5 Å². The van der Waals surface area contributed by atoms with Crippen LogP contribution in [-0.4, -0.2) is 17.7 Å². The molecule has 0 spiro atoms. The van der Waals surface area contributed by atoms with Gasteiger partial charge in [0.2, 0.25) is 6.79 Å². The lowest BCUT2D eigenvalue weighted by Gasteiger charge is -2.06. The predicted octanol–water partition coefficient (Wildman–Crippen LogP) is 2.71. The molecule has 24 heavy (non-hydrogen) atoms. The van der Waals surface area contributed by atoms with Crippen molar-refractivity contribution in [2.75, 3.05) is 6.79 Å². The van der Waals surface area contributed by atoms with E-state index in [4.69, 9.17) is 9.47 Å². The van der Waals surface area contributed by atoms with E-state index in [1.54, 1.807) is 6.08 Å². The quantitative estimate of drug-likeness (QED) is 0.731. The van der Waals surface area contributed by atoms with Gasteiger partial charge in [0.15, 0.2) is 11.5 Å². The first-order valence-electron chi connectivity index (χ1n) is 7.35. The van der Waals surface area contributed by atoms with Crippen molar-refractivity contribution in [3.63, 3.8) is 0 Å². The summed E-state index contributed by atoms with van der Waals surface area (Å²) in [5.74, 6) is 0.204. The van der Waals surface area contributed by atoms with Gasteiger partial charge in [-0.2, -0.15) is 0 Å². The van der Waals surface area contributed by atoms with Crippen LogP contribution in [0.25, 0.3) is 21.9 Å². The molecule has 1 aliphatic rings. The average Bonchev–Trinajstić information content (AvgIpc) is 3.19. The van der Waals surface area contributed by atoms with Crippen LogP contribution in [-0.2, 0) is 4.79 Å². The Bertz CT molecular complexity index is 928. The van der Waals surface area contributed by atoms with E-state index in [-0.39, 0.29) is 13.2 Å². The highest BCUT2D eigenvalue weighted by molar-refractivity contribution is 7.19. The van der Waals surface area contributed by atoms with Crippen molar-refractivity contribution < 1.29 is 19.4 Å². The highest BCUT2D eigenvalue weighted by atomic mass is 32.1. The second-order valence-electron chi connectivity index (χ2n) is 5.32. The summed E-state index contributed by atoms with van der Waals surface area (Å²) in [5.41, 5.74) is 2.29. The van der Waals surface area contributed by atoms with E-state index in [2.05, 4.69) is 4.98 Å². The van der Waals surface area contributed by atoms with Crippen LogP contribution < -0.4 is 14.6 Å². The molecule has 0 saturated carbocycles. The minimum absolute atomic E-state index is 0.200. The van der Waals surface area contributed by atoms with Crippen molar-refractivity contribution in [3.05, 3.63) is 53.0 Å². The number of carboxylic acid groups (broad SMARTS) is 1. The van der Waals surface area contributed by atoms with E-state index in [9.17, 15) is 9.90 Å². The summed E-state index contributed by atoms with van der Waals surface area (Å²) < 4.78 is 11.7. The summed E-state index contributed by atoms with van der Waals surface area (Å²) >= 11 is 1.47. The summed E-state index contributed by atoms with van der Waals surface area (Å²) in [4.78, 5) is 15.7. The lowest BCUT2D eigenvalue weighted by Crippen LogP contribution is -2.22. The van der Waals surface area contributed by atoms with Crippen molar-refractivity contribution >= 4 is 39.2 Å². The molecular weight excluding hydrogens is 326 g/mol. The molecule has 0 atom stereocenters. The molecule has 3 aromatic rings. The molecular formula is C18H12NO4S-. The van der Waals surface area contributed by atoms with E-state index in [0.29, 0.717) is 22.1 Å². The second-order valence-corrected chi connectivity index (χ2v) is 6.35. The fourth-order valence-electron chi connectivity index (χ4n) is 2.56. The summed E-state index contributed by atoms with van der Waals surface area (Å²) in [7, 11) is 0. The Balaban J connectivity index is 1.77. The molecule has 0 N–H and O–H groups in total. The van der Waals surface area contributed by atoms with Gasteiger partial charge < -0.3 is 19.4 Å². The lowest BCUT2D eigenvalue weighted by atomic mass is 10.1. The SMILES string of the molecule is O=C([O-])C/C(=C\c1ccc2c(c1)OCO2)c1nc2ccccc2s1. The monoisotopic (exact) mass is 338 g/mol. The van der Waals surface area contributed by atoms with E-state index < -0.39 is 5.97 Å². The number of nitrogens with zero attached hydrogens (tertiary/aromatic N) is 1. The van der Waals surface area contributed by atoms with Crippen molar-refractivity contribution in [1.29, 1.82) is 0 Å². The Labute approximate surface area is 141 Å². The standard InChI is InChI=1S/C18H13NO4S/c20-17(21)9-12(18-19-13-3-1-2-4-16(13)24-18)7-11-5-6-14-15(8-11)23-10-22-14/h1-8H,9-10H2,(H,20,21)/p-1/b12-7+. The van der Waals surface area contributed by atoms with Crippen LogP contribution >= 0.6 is 11.3 Å². The van der Waals surface area contributed by atoms with Crippen LogP contribution in [0.4, 0.5) is 0 Å².